The summed E-state index contributed by atoms with van der Waals surface area (Å²) in [6.07, 6.45) is 1.82. The lowest BCUT2D eigenvalue weighted by atomic mass is 10.2. The highest BCUT2D eigenvalue weighted by atomic mass is 19.3. The van der Waals surface area contributed by atoms with E-state index in [1.165, 1.54) is 13.2 Å². The van der Waals surface area contributed by atoms with Crippen molar-refractivity contribution in [3.05, 3.63) is 47.7 Å². The van der Waals surface area contributed by atoms with Crippen molar-refractivity contribution in [3.8, 4) is 11.5 Å². The summed E-state index contributed by atoms with van der Waals surface area (Å²) in [7, 11) is 3.15. The van der Waals surface area contributed by atoms with Gasteiger partial charge in [0.05, 0.1) is 7.11 Å². The predicted octanol–water partition coefficient (Wildman–Crippen LogP) is 3.40. The Kier molecular flexibility index (Phi) is 9.11. The second-order valence-electron chi connectivity index (χ2n) is 6.33. The number of ether oxygens (including phenoxy) is 2. The minimum atomic E-state index is -2.90. The molecule has 2 N–H and O–H groups in total. The molecule has 0 saturated carbocycles. The molecule has 1 aromatic heterocycles. The molecule has 0 radical (unpaired) electrons. The smallest absolute Gasteiger partial charge is 0.387 e. The first-order chi connectivity index (χ1) is 14.5. The molecule has 1 aromatic carbocycles. The molecule has 1 heterocycles. The zero-order chi connectivity index (χ0) is 21.9. The van der Waals surface area contributed by atoms with E-state index in [2.05, 4.69) is 44.1 Å². The number of rotatable bonds is 10. The number of benzene rings is 1. The van der Waals surface area contributed by atoms with Crippen LogP contribution in [0.1, 0.15) is 25.0 Å². The van der Waals surface area contributed by atoms with Gasteiger partial charge in [-0.25, -0.2) is 4.98 Å². The molecule has 2 rings (SSSR count). The van der Waals surface area contributed by atoms with E-state index in [-0.39, 0.29) is 12.3 Å². The Morgan fingerprint density at radius 2 is 1.87 bits per heavy atom. The van der Waals surface area contributed by atoms with E-state index in [9.17, 15) is 8.78 Å². The number of methoxy groups -OCH3 is 1. The third-order valence-electron chi connectivity index (χ3n) is 4.51. The van der Waals surface area contributed by atoms with Crippen molar-refractivity contribution < 1.29 is 18.3 Å². The van der Waals surface area contributed by atoms with Crippen LogP contribution < -0.4 is 25.0 Å². The number of aromatic nitrogens is 1. The van der Waals surface area contributed by atoms with Crippen LogP contribution in [0, 0.1) is 0 Å². The average Bonchev–Trinajstić information content (AvgIpc) is 2.76. The van der Waals surface area contributed by atoms with E-state index in [1.54, 1.807) is 19.2 Å². The molecule has 0 aliphatic carbocycles. The molecule has 164 valence electrons. The largest absolute Gasteiger partial charge is 0.497 e. The van der Waals surface area contributed by atoms with Gasteiger partial charge in [0.15, 0.2) is 5.96 Å². The molecular weight excluding hydrogens is 392 g/mol. The molecule has 30 heavy (non-hydrogen) atoms. The summed E-state index contributed by atoms with van der Waals surface area (Å²) < 4.78 is 35.1. The van der Waals surface area contributed by atoms with Crippen LogP contribution >= 0.6 is 0 Å². The first-order valence-electron chi connectivity index (χ1n) is 9.76. The van der Waals surface area contributed by atoms with E-state index < -0.39 is 6.61 Å². The summed E-state index contributed by atoms with van der Waals surface area (Å²) >= 11 is 0. The molecule has 9 heteroatoms. The van der Waals surface area contributed by atoms with Crippen molar-refractivity contribution in [3.63, 3.8) is 0 Å². The molecule has 0 unspecified atom stereocenters. The van der Waals surface area contributed by atoms with Crippen LogP contribution in [0.15, 0.2) is 41.5 Å². The Morgan fingerprint density at radius 3 is 2.43 bits per heavy atom. The second kappa shape index (κ2) is 11.8. The van der Waals surface area contributed by atoms with E-state index in [4.69, 9.17) is 4.74 Å². The summed E-state index contributed by atoms with van der Waals surface area (Å²) in [6, 6.07) is 8.68. The number of alkyl halides is 2. The molecule has 0 saturated heterocycles. The van der Waals surface area contributed by atoms with Gasteiger partial charge in [0, 0.05) is 45.0 Å². The zero-order valence-electron chi connectivity index (χ0n) is 17.8. The maximum absolute atomic E-state index is 12.7. The van der Waals surface area contributed by atoms with Gasteiger partial charge in [0.2, 0.25) is 0 Å². The SMILES string of the molecule is CCN(CC)c1ccc(CNC(=NC)NCc2cc(OC)ccc2OC(F)F)cn1. The van der Waals surface area contributed by atoms with E-state index in [1.807, 2.05) is 18.3 Å². The van der Waals surface area contributed by atoms with E-state index in [0.717, 1.165) is 24.5 Å². The fraction of sp³-hybridized carbons (Fsp3) is 0.429. The Labute approximate surface area is 176 Å². The van der Waals surface area contributed by atoms with Crippen molar-refractivity contribution in [1.82, 2.24) is 15.6 Å². The minimum Gasteiger partial charge on any atom is -0.497 e. The monoisotopic (exact) mass is 421 g/mol. The number of nitrogens with zero attached hydrogens (tertiary/aromatic N) is 3. The fourth-order valence-corrected chi connectivity index (χ4v) is 2.87. The normalized spacial score (nSPS) is 11.4. The summed E-state index contributed by atoms with van der Waals surface area (Å²) in [4.78, 5) is 10.8. The Morgan fingerprint density at radius 1 is 1.13 bits per heavy atom. The van der Waals surface area contributed by atoms with Gasteiger partial charge < -0.3 is 25.0 Å². The van der Waals surface area contributed by atoms with Crippen molar-refractivity contribution in [2.45, 2.75) is 33.5 Å². The third-order valence-corrected chi connectivity index (χ3v) is 4.51. The van der Waals surface area contributed by atoms with Gasteiger partial charge in [-0.1, -0.05) is 6.07 Å². The lowest BCUT2D eigenvalue weighted by Crippen LogP contribution is -2.36. The molecule has 0 aliphatic heterocycles. The number of anilines is 1. The standard InChI is InChI=1S/C21H29F2N5O2/c1-5-28(6-2)19-10-7-15(12-25-19)13-26-21(24-3)27-14-16-11-17(29-4)8-9-18(16)30-20(22)23/h7-12,20H,5-6,13-14H2,1-4H3,(H2,24,26,27). The first-order valence-corrected chi connectivity index (χ1v) is 9.76. The number of nitrogens with one attached hydrogen (secondary N) is 2. The lowest BCUT2D eigenvalue weighted by molar-refractivity contribution is -0.0504. The molecule has 0 aliphatic rings. The number of hydrogen-bond acceptors (Lipinski definition) is 5. The van der Waals surface area contributed by atoms with Gasteiger partial charge in [0.25, 0.3) is 0 Å². The summed E-state index contributed by atoms with van der Waals surface area (Å²) in [5.74, 6) is 2.10. The van der Waals surface area contributed by atoms with Crippen LogP contribution in [0.5, 0.6) is 11.5 Å². The summed E-state index contributed by atoms with van der Waals surface area (Å²) in [5.41, 5.74) is 1.53. The van der Waals surface area contributed by atoms with E-state index >= 15 is 0 Å². The Hall–Kier alpha value is -3.10. The maximum atomic E-state index is 12.7. The van der Waals surface area contributed by atoms with Crippen LogP contribution in [0.4, 0.5) is 14.6 Å². The topological polar surface area (TPSA) is 71.0 Å². The van der Waals surface area contributed by atoms with Crippen LogP contribution in [0.25, 0.3) is 0 Å². The van der Waals surface area contributed by atoms with Crippen molar-refractivity contribution in [1.29, 1.82) is 0 Å². The molecule has 0 bridgehead atoms. The van der Waals surface area contributed by atoms with Crippen LogP contribution in [-0.2, 0) is 13.1 Å². The van der Waals surface area contributed by atoms with Gasteiger partial charge in [0.1, 0.15) is 17.3 Å². The molecule has 0 amide bonds. The zero-order valence-corrected chi connectivity index (χ0v) is 17.8. The van der Waals surface area contributed by atoms with Crippen LogP contribution in [0.3, 0.4) is 0 Å². The van der Waals surface area contributed by atoms with Gasteiger partial charge in [-0.3, -0.25) is 4.99 Å². The molecule has 0 fully saturated rings. The highest BCUT2D eigenvalue weighted by Gasteiger charge is 2.12. The van der Waals surface area contributed by atoms with E-state index in [0.29, 0.717) is 23.8 Å². The summed E-state index contributed by atoms with van der Waals surface area (Å²) in [6.45, 7) is 3.84. The number of pyridine rings is 1. The second-order valence-corrected chi connectivity index (χ2v) is 6.33. The fourth-order valence-electron chi connectivity index (χ4n) is 2.87. The van der Waals surface area contributed by atoms with Crippen LogP contribution in [-0.4, -0.2) is 44.8 Å². The average molecular weight is 421 g/mol. The predicted molar refractivity (Wildman–Crippen MR) is 114 cm³/mol. The molecule has 0 spiro atoms. The number of halogens is 2. The first kappa shape index (κ1) is 23.2. The highest BCUT2D eigenvalue weighted by Crippen LogP contribution is 2.25. The van der Waals surface area contributed by atoms with Crippen LogP contribution in [0.2, 0.25) is 0 Å². The Bertz CT molecular complexity index is 812. The maximum Gasteiger partial charge on any atom is 0.387 e. The number of hydrogen-bond donors (Lipinski definition) is 2. The quantitative estimate of drug-likeness (QED) is 0.453. The highest BCUT2D eigenvalue weighted by molar-refractivity contribution is 5.79. The molecular formula is C21H29F2N5O2. The number of guanidine groups is 1. The van der Waals surface area contributed by atoms with Crippen molar-refractivity contribution in [2.24, 2.45) is 4.99 Å². The molecule has 2 aromatic rings. The third kappa shape index (κ3) is 6.75. The minimum absolute atomic E-state index is 0.0879. The summed E-state index contributed by atoms with van der Waals surface area (Å²) in [5, 5.41) is 6.29. The van der Waals surface area contributed by atoms with Gasteiger partial charge in [-0.05, 0) is 43.7 Å². The van der Waals surface area contributed by atoms with Gasteiger partial charge in [-0.15, -0.1) is 0 Å². The lowest BCUT2D eigenvalue weighted by Gasteiger charge is -2.20. The Balaban J connectivity index is 1.97. The van der Waals surface area contributed by atoms with Crippen molar-refractivity contribution in [2.75, 3.05) is 32.1 Å². The molecule has 0 atom stereocenters. The van der Waals surface area contributed by atoms with Gasteiger partial charge in [-0.2, -0.15) is 8.78 Å². The molecule has 7 nitrogen and oxygen atoms in total. The van der Waals surface area contributed by atoms with Gasteiger partial charge >= 0.3 is 6.61 Å². The number of aliphatic imine (C=N–C) groups is 1. The van der Waals surface area contributed by atoms with Crippen molar-refractivity contribution >= 4 is 11.8 Å².